The van der Waals surface area contributed by atoms with Crippen LogP contribution in [0.15, 0.2) is 48.5 Å². The molecule has 0 aromatic heterocycles. The maximum atomic E-state index is 12.9. The molecule has 7 N–H and O–H groups in total. The molecule has 2 aliphatic rings. The van der Waals surface area contributed by atoms with Gasteiger partial charge in [0.05, 0.1) is 23.3 Å². The summed E-state index contributed by atoms with van der Waals surface area (Å²) < 4.78 is 15.4. The first kappa shape index (κ1) is 38.3. The van der Waals surface area contributed by atoms with E-state index in [4.69, 9.17) is 16.2 Å². The normalized spacial score (nSPS) is 16.7. The van der Waals surface area contributed by atoms with Gasteiger partial charge in [0.1, 0.15) is 11.9 Å². The van der Waals surface area contributed by atoms with Gasteiger partial charge in [-0.25, -0.2) is 8.93 Å². The first-order chi connectivity index (χ1) is 23.0. The van der Waals surface area contributed by atoms with Crippen molar-refractivity contribution >= 4 is 40.5 Å². The fourth-order valence-corrected chi connectivity index (χ4v) is 6.59. The number of amides is 3. The van der Waals surface area contributed by atoms with Crippen molar-refractivity contribution in [3.63, 3.8) is 0 Å². The molecule has 2 aromatic rings. The predicted octanol–water partition coefficient (Wildman–Crippen LogP) is 3.49. The summed E-state index contributed by atoms with van der Waals surface area (Å²) in [5, 5.41) is 21.7. The van der Waals surface area contributed by atoms with Crippen molar-refractivity contribution in [3.05, 3.63) is 70.8 Å². The van der Waals surface area contributed by atoms with E-state index in [1.807, 2.05) is 12.1 Å². The molecule has 2 fully saturated rings. The lowest BCUT2D eigenvalue weighted by molar-refractivity contribution is -0.137. The number of rotatable bonds is 15. The highest BCUT2D eigenvalue weighted by Crippen LogP contribution is 2.22. The van der Waals surface area contributed by atoms with Crippen LogP contribution in [0.4, 0.5) is 0 Å². The number of likely N-dealkylation sites (tertiary alicyclic amines) is 1. The van der Waals surface area contributed by atoms with Gasteiger partial charge >= 0.3 is 5.97 Å². The van der Waals surface area contributed by atoms with Gasteiger partial charge < -0.3 is 26.4 Å². The number of carboxylic acid groups (broad SMARTS) is 1. The van der Waals surface area contributed by atoms with Crippen LogP contribution in [0.2, 0.25) is 0 Å². The molecule has 0 bridgehead atoms. The molecule has 2 unspecified atom stereocenters. The van der Waals surface area contributed by atoms with Gasteiger partial charge in [-0.2, -0.15) is 0 Å². The third-order valence-corrected chi connectivity index (χ3v) is 9.52. The van der Waals surface area contributed by atoms with Gasteiger partial charge in [-0.1, -0.05) is 87.6 Å². The van der Waals surface area contributed by atoms with Crippen molar-refractivity contribution in [1.29, 1.82) is 5.41 Å². The Morgan fingerprint density at radius 3 is 2.25 bits per heavy atom. The first-order valence-electron chi connectivity index (χ1n) is 16.7. The Balaban J connectivity index is 0.000000789. The molecular weight excluding hydrogens is 632 g/mol. The van der Waals surface area contributed by atoms with E-state index >= 15 is 0 Å². The standard InChI is InChI=1S/C28H36N6O6S.C7H14/c29-27(30)22-11-9-19(10-12-22)15-32-28(39)23-6-3-13-34(23)25(36)17-33-41(40)18-21-5-1-4-20(14-21)16-31-24(35)7-2-8-26(37)38;1-7-5-3-2-4-6-7/h1,4-5,9-12,14,23,33H,2-3,6-8,13,15-18H2,(H3,29,30)(H,31,35)(H,32,39)(H,37,38);7H,2-6H2,1H3. The number of carbonyl (C=O) groups excluding carboxylic acids is 3. The number of hydrogen-bond acceptors (Lipinski definition) is 6. The molecule has 3 amide bonds. The molecule has 1 saturated carbocycles. The Morgan fingerprint density at radius 1 is 0.917 bits per heavy atom. The van der Waals surface area contributed by atoms with Gasteiger partial charge in [-0.15, -0.1) is 0 Å². The molecule has 1 saturated heterocycles. The lowest BCUT2D eigenvalue weighted by Crippen LogP contribution is -2.48. The zero-order chi connectivity index (χ0) is 34.9. The SMILES string of the molecule is CC1CCCCC1.N=C(N)c1ccc(CNC(=O)C2CCCN2C(=O)CNS(=O)Cc2cccc(CNC(=O)CCCC(=O)O)c2)cc1. The molecule has 1 aliphatic carbocycles. The maximum Gasteiger partial charge on any atom is 0.303 e. The number of carbonyl (C=O) groups is 4. The number of carboxylic acids is 1. The number of amidine groups is 1. The second-order valence-corrected chi connectivity index (χ2v) is 13.7. The first-order valence-corrected chi connectivity index (χ1v) is 18.0. The van der Waals surface area contributed by atoms with Crippen LogP contribution >= 0.6 is 0 Å². The average Bonchev–Trinajstić information content (AvgIpc) is 3.57. The Kier molecular flexibility index (Phi) is 16.2. The van der Waals surface area contributed by atoms with E-state index in [1.54, 1.807) is 36.4 Å². The number of nitrogens with zero attached hydrogens (tertiary/aromatic N) is 1. The molecule has 0 radical (unpaired) electrons. The number of hydrogen-bond donors (Lipinski definition) is 6. The van der Waals surface area contributed by atoms with Crippen molar-refractivity contribution in [2.24, 2.45) is 11.7 Å². The lowest BCUT2D eigenvalue weighted by atomic mass is 9.91. The third-order valence-electron chi connectivity index (χ3n) is 8.46. The van der Waals surface area contributed by atoms with Gasteiger partial charge in [0.15, 0.2) is 0 Å². The minimum atomic E-state index is -1.54. The molecule has 1 heterocycles. The van der Waals surface area contributed by atoms with Gasteiger partial charge in [0.2, 0.25) is 17.7 Å². The smallest absolute Gasteiger partial charge is 0.303 e. The highest BCUT2D eigenvalue weighted by atomic mass is 32.2. The molecule has 1 aliphatic heterocycles. The summed E-state index contributed by atoms with van der Waals surface area (Å²) in [6, 6.07) is 13.6. The lowest BCUT2D eigenvalue weighted by Gasteiger charge is -2.24. The summed E-state index contributed by atoms with van der Waals surface area (Å²) >= 11 is 0. The van der Waals surface area contributed by atoms with Crippen LogP contribution in [0.3, 0.4) is 0 Å². The highest BCUT2D eigenvalue weighted by molar-refractivity contribution is 7.82. The van der Waals surface area contributed by atoms with Crippen LogP contribution in [0.1, 0.15) is 93.4 Å². The quantitative estimate of drug-likeness (QED) is 0.122. The van der Waals surface area contributed by atoms with Crippen molar-refractivity contribution in [1.82, 2.24) is 20.3 Å². The van der Waals surface area contributed by atoms with E-state index in [-0.39, 0.29) is 68.2 Å². The van der Waals surface area contributed by atoms with Crippen LogP contribution < -0.4 is 21.1 Å². The summed E-state index contributed by atoms with van der Waals surface area (Å²) in [6.07, 6.45) is 9.02. The monoisotopic (exact) mass is 682 g/mol. The highest BCUT2D eigenvalue weighted by Gasteiger charge is 2.33. The van der Waals surface area contributed by atoms with Crippen LogP contribution in [0.25, 0.3) is 0 Å². The van der Waals surface area contributed by atoms with Gasteiger partial charge in [0, 0.05) is 38.0 Å². The van der Waals surface area contributed by atoms with E-state index in [0.29, 0.717) is 24.9 Å². The fraction of sp³-hybridized carbons (Fsp3) is 0.514. The van der Waals surface area contributed by atoms with E-state index in [1.165, 1.54) is 37.0 Å². The second-order valence-electron chi connectivity index (χ2n) is 12.5. The minimum Gasteiger partial charge on any atom is -0.481 e. The van der Waals surface area contributed by atoms with Crippen molar-refractivity contribution in [2.75, 3.05) is 13.1 Å². The molecular formula is C35H50N6O6S. The number of aliphatic carboxylic acids is 1. The summed E-state index contributed by atoms with van der Waals surface area (Å²) in [4.78, 5) is 49.6. The topological polar surface area (TPSA) is 195 Å². The molecule has 4 rings (SSSR count). The van der Waals surface area contributed by atoms with Gasteiger partial charge in [-0.3, -0.25) is 24.6 Å². The summed E-state index contributed by atoms with van der Waals surface area (Å²) in [5.74, 6) is -0.576. The average molecular weight is 683 g/mol. The van der Waals surface area contributed by atoms with Crippen LogP contribution in [-0.4, -0.2) is 62.9 Å². The molecule has 13 heteroatoms. The Hall–Kier alpha value is -4.10. The van der Waals surface area contributed by atoms with Crippen molar-refractivity contribution in [2.45, 2.75) is 96.0 Å². The van der Waals surface area contributed by atoms with Crippen LogP contribution in [0, 0.1) is 11.3 Å². The molecule has 0 spiro atoms. The third kappa shape index (κ3) is 13.9. The molecule has 262 valence electrons. The molecule has 2 aromatic carbocycles. The van der Waals surface area contributed by atoms with Gasteiger partial charge in [-0.05, 0) is 41.9 Å². The van der Waals surface area contributed by atoms with E-state index in [2.05, 4.69) is 22.3 Å². The number of nitrogen functional groups attached to an aromatic ring is 1. The minimum absolute atomic E-state index is 0.0305. The number of nitrogens with one attached hydrogen (secondary N) is 4. The fourth-order valence-electron chi connectivity index (χ4n) is 5.72. The Labute approximate surface area is 285 Å². The van der Waals surface area contributed by atoms with Gasteiger partial charge in [0.25, 0.3) is 0 Å². The van der Waals surface area contributed by atoms with Crippen molar-refractivity contribution in [3.8, 4) is 0 Å². The maximum absolute atomic E-state index is 12.9. The van der Waals surface area contributed by atoms with E-state index in [0.717, 1.165) is 22.6 Å². The summed E-state index contributed by atoms with van der Waals surface area (Å²) in [7, 11) is -1.54. The second kappa shape index (κ2) is 20.3. The molecule has 2 atom stereocenters. The Morgan fingerprint density at radius 2 is 1.60 bits per heavy atom. The largest absolute Gasteiger partial charge is 0.481 e. The van der Waals surface area contributed by atoms with Crippen molar-refractivity contribution < 1.29 is 28.5 Å². The zero-order valence-electron chi connectivity index (χ0n) is 27.8. The number of nitrogens with two attached hydrogens (primary N) is 1. The predicted molar refractivity (Wildman–Crippen MR) is 186 cm³/mol. The van der Waals surface area contributed by atoms with E-state index < -0.39 is 23.0 Å². The van der Waals surface area contributed by atoms with Crippen LogP contribution in [-0.2, 0) is 49.0 Å². The summed E-state index contributed by atoms with van der Waals surface area (Å²) in [5.41, 5.74) is 8.48. The molecule has 48 heavy (non-hydrogen) atoms. The number of benzene rings is 2. The summed E-state index contributed by atoms with van der Waals surface area (Å²) in [6.45, 7) is 3.18. The molecule has 12 nitrogen and oxygen atoms in total. The van der Waals surface area contributed by atoms with Crippen LogP contribution in [0.5, 0.6) is 0 Å². The Bertz CT molecular complexity index is 1410. The van der Waals surface area contributed by atoms with E-state index in [9.17, 15) is 23.4 Å². The zero-order valence-corrected chi connectivity index (χ0v) is 28.6.